The largest absolute Gasteiger partial charge is 0.455 e. The van der Waals surface area contributed by atoms with Crippen LogP contribution < -0.4 is 4.57 Å². The van der Waals surface area contributed by atoms with E-state index < -0.39 is 6.85 Å². The third kappa shape index (κ3) is 2.23. The summed E-state index contributed by atoms with van der Waals surface area (Å²) < 4.78 is 40.5. The van der Waals surface area contributed by atoms with Gasteiger partial charge in [0.15, 0.2) is 11.4 Å². The number of aromatic nitrogens is 1. The molecule has 0 saturated carbocycles. The Morgan fingerprint density at radius 3 is 2.65 bits per heavy atom. The lowest BCUT2D eigenvalue weighted by molar-refractivity contribution is -0.667. The molecule has 2 heterocycles. The molecular weight excluding hydrogens is 320 g/mol. The predicted octanol–water partition coefficient (Wildman–Crippen LogP) is 5.86. The van der Waals surface area contributed by atoms with Gasteiger partial charge in [-0.1, -0.05) is 18.2 Å². The lowest BCUT2D eigenvalue weighted by Gasteiger charge is -2.10. The van der Waals surface area contributed by atoms with Crippen LogP contribution in [-0.2, 0) is 7.05 Å². The standard InChI is InChI=1S/C23H21N2O/c1-13-7-9-18-19-12-17(24-5)8-10-21(19)26-23(18)22(13)20-11-14(2)15(3)16(4)25(20)6/h7-12H,1-4,6H3/q+1/i3D3,11D. The Morgan fingerprint density at radius 2 is 1.92 bits per heavy atom. The average molecular weight is 345 g/mol. The number of hydrogen-bond acceptors (Lipinski definition) is 1. The number of hydrogen-bond donors (Lipinski definition) is 0. The predicted molar refractivity (Wildman–Crippen MR) is 106 cm³/mol. The topological polar surface area (TPSA) is 21.4 Å². The molecule has 0 atom stereocenters. The fourth-order valence-corrected chi connectivity index (χ4v) is 3.45. The molecule has 2 aromatic carbocycles. The summed E-state index contributed by atoms with van der Waals surface area (Å²) in [4.78, 5) is 3.51. The number of fused-ring (bicyclic) bond motifs is 3. The van der Waals surface area contributed by atoms with Crippen molar-refractivity contribution in [2.24, 2.45) is 7.05 Å². The molecule has 0 aliphatic heterocycles. The van der Waals surface area contributed by atoms with Gasteiger partial charge in [0.25, 0.3) is 0 Å². The molecule has 0 amide bonds. The van der Waals surface area contributed by atoms with Gasteiger partial charge >= 0.3 is 0 Å². The normalized spacial score (nSPS) is 14.0. The van der Waals surface area contributed by atoms with Gasteiger partial charge in [-0.05, 0) is 44.0 Å². The summed E-state index contributed by atoms with van der Waals surface area (Å²) in [5.74, 6) is 0. The summed E-state index contributed by atoms with van der Waals surface area (Å²) in [6.45, 7) is 10.4. The van der Waals surface area contributed by atoms with Crippen LogP contribution in [0.25, 0.3) is 38.0 Å². The van der Waals surface area contributed by atoms with Crippen molar-refractivity contribution in [1.82, 2.24) is 0 Å². The quantitative estimate of drug-likeness (QED) is 0.313. The first-order valence-electron chi connectivity index (χ1n) is 10.4. The maximum Gasteiger partial charge on any atom is 0.216 e. The number of benzene rings is 2. The Labute approximate surface area is 158 Å². The van der Waals surface area contributed by atoms with Gasteiger partial charge in [0.2, 0.25) is 5.69 Å². The van der Waals surface area contributed by atoms with Crippen molar-refractivity contribution in [2.75, 3.05) is 0 Å². The summed E-state index contributed by atoms with van der Waals surface area (Å²) >= 11 is 0. The second-order valence-corrected chi connectivity index (χ2v) is 6.65. The molecule has 0 N–H and O–H groups in total. The number of pyridine rings is 1. The lowest BCUT2D eigenvalue weighted by Crippen LogP contribution is -2.36. The van der Waals surface area contributed by atoms with E-state index in [2.05, 4.69) is 4.85 Å². The van der Waals surface area contributed by atoms with Crippen molar-refractivity contribution in [1.29, 1.82) is 0 Å². The molecule has 0 unspecified atom stereocenters. The Balaban J connectivity index is 2.15. The molecular formula is C23H21N2O+. The first-order valence-corrected chi connectivity index (χ1v) is 8.40. The molecule has 0 bridgehead atoms. The molecule has 0 saturated heterocycles. The van der Waals surface area contributed by atoms with Crippen LogP contribution in [-0.4, -0.2) is 0 Å². The van der Waals surface area contributed by atoms with Crippen LogP contribution >= 0.6 is 0 Å². The molecule has 0 fully saturated rings. The molecule has 0 aliphatic rings. The van der Waals surface area contributed by atoms with Crippen molar-refractivity contribution in [3.8, 4) is 11.3 Å². The zero-order valence-corrected chi connectivity index (χ0v) is 15.2. The second kappa shape index (κ2) is 5.71. The zero-order valence-electron chi connectivity index (χ0n) is 19.2. The van der Waals surface area contributed by atoms with E-state index in [9.17, 15) is 0 Å². The highest BCUT2D eigenvalue weighted by molar-refractivity contribution is 6.10. The van der Waals surface area contributed by atoms with Gasteiger partial charge in [0.1, 0.15) is 18.2 Å². The van der Waals surface area contributed by atoms with Gasteiger partial charge in [0, 0.05) is 33.4 Å². The second-order valence-electron chi connectivity index (χ2n) is 6.65. The summed E-state index contributed by atoms with van der Waals surface area (Å²) in [6, 6.07) is 9.43. The zero-order chi connectivity index (χ0) is 22.0. The first kappa shape index (κ1) is 12.3. The third-order valence-corrected chi connectivity index (χ3v) is 5.08. The van der Waals surface area contributed by atoms with Crippen molar-refractivity contribution < 1.29 is 14.5 Å². The van der Waals surface area contributed by atoms with Crippen LogP contribution in [0.15, 0.2) is 40.8 Å². The Kier molecular flexibility index (Phi) is 2.69. The van der Waals surface area contributed by atoms with Crippen LogP contribution in [0.5, 0.6) is 0 Å². The maximum atomic E-state index is 8.81. The molecule has 3 heteroatoms. The fourth-order valence-electron chi connectivity index (χ4n) is 3.45. The number of aryl methyl sites for hydroxylation is 1. The van der Waals surface area contributed by atoms with Crippen LogP contribution in [0.3, 0.4) is 0 Å². The number of furan rings is 1. The van der Waals surface area contributed by atoms with Gasteiger partial charge in [0.05, 0.1) is 13.5 Å². The maximum absolute atomic E-state index is 8.81. The Hall–Kier alpha value is -3.12. The number of nitrogens with zero attached hydrogens (tertiary/aromatic N) is 2. The van der Waals surface area contributed by atoms with E-state index in [0.717, 1.165) is 21.9 Å². The van der Waals surface area contributed by atoms with Gasteiger partial charge < -0.3 is 4.42 Å². The third-order valence-electron chi connectivity index (χ3n) is 5.08. The average Bonchev–Trinajstić information content (AvgIpc) is 3.04. The minimum atomic E-state index is -2.29. The molecule has 4 aromatic rings. The lowest BCUT2D eigenvalue weighted by atomic mass is 9.98. The van der Waals surface area contributed by atoms with Crippen LogP contribution in [0, 0.1) is 34.2 Å². The van der Waals surface area contributed by atoms with Crippen molar-refractivity contribution >= 4 is 27.6 Å². The highest BCUT2D eigenvalue weighted by Gasteiger charge is 2.23. The molecule has 4 rings (SSSR count). The molecule has 0 radical (unpaired) electrons. The minimum Gasteiger partial charge on any atom is -0.455 e. The summed E-state index contributed by atoms with van der Waals surface area (Å²) in [5.41, 5.74) is 5.42. The van der Waals surface area contributed by atoms with E-state index in [1.165, 1.54) is 0 Å². The van der Waals surface area contributed by atoms with Crippen molar-refractivity contribution in [3.63, 3.8) is 0 Å². The van der Waals surface area contributed by atoms with E-state index in [1.807, 2.05) is 25.1 Å². The Morgan fingerprint density at radius 1 is 1.12 bits per heavy atom. The van der Waals surface area contributed by atoms with Crippen LogP contribution in [0.4, 0.5) is 5.69 Å². The van der Waals surface area contributed by atoms with Crippen molar-refractivity contribution in [3.05, 3.63) is 70.2 Å². The van der Waals surface area contributed by atoms with Crippen molar-refractivity contribution in [2.45, 2.75) is 27.6 Å². The monoisotopic (exact) mass is 345 g/mol. The number of rotatable bonds is 1. The first-order chi connectivity index (χ1) is 14.1. The van der Waals surface area contributed by atoms with Gasteiger partial charge in [-0.25, -0.2) is 4.85 Å². The van der Waals surface area contributed by atoms with Gasteiger partial charge in [-0.2, -0.15) is 4.57 Å². The van der Waals surface area contributed by atoms with Crippen LogP contribution in [0.2, 0.25) is 0 Å². The van der Waals surface area contributed by atoms with E-state index in [1.54, 1.807) is 37.6 Å². The summed E-state index contributed by atoms with van der Waals surface area (Å²) in [7, 11) is 1.79. The minimum absolute atomic E-state index is 0.173. The van der Waals surface area contributed by atoms with E-state index in [0.29, 0.717) is 33.8 Å². The van der Waals surface area contributed by atoms with E-state index in [4.69, 9.17) is 16.5 Å². The smallest absolute Gasteiger partial charge is 0.216 e. The van der Waals surface area contributed by atoms with Gasteiger partial charge in [-0.15, -0.1) is 0 Å². The summed E-state index contributed by atoms with van der Waals surface area (Å²) in [6.07, 6.45) is 0. The molecule has 26 heavy (non-hydrogen) atoms. The van der Waals surface area contributed by atoms with E-state index >= 15 is 0 Å². The van der Waals surface area contributed by atoms with Crippen LogP contribution in [0.1, 0.15) is 27.9 Å². The fraction of sp³-hybridized carbons (Fsp3) is 0.217. The highest BCUT2D eigenvalue weighted by atomic mass is 16.3. The molecule has 2 aromatic heterocycles. The molecule has 128 valence electrons. The molecule has 0 aliphatic carbocycles. The highest BCUT2D eigenvalue weighted by Crippen LogP contribution is 2.38. The summed E-state index contributed by atoms with van der Waals surface area (Å²) in [5, 5.41) is 1.71. The van der Waals surface area contributed by atoms with E-state index in [-0.39, 0.29) is 11.6 Å². The van der Waals surface area contributed by atoms with Gasteiger partial charge in [-0.3, -0.25) is 0 Å². The molecule has 3 nitrogen and oxygen atoms in total. The Bertz CT molecular complexity index is 1360. The SMILES string of the molecule is [2H]c1c(C)c(C([2H])([2H])[2H])c(C)[n+](C)c1-c1c(C)ccc2c1oc1ccc([N+]#[C-])cc12. The molecule has 0 spiro atoms.